The lowest BCUT2D eigenvalue weighted by atomic mass is 9.91. The van der Waals surface area contributed by atoms with Crippen LogP contribution in [0.2, 0.25) is 0 Å². The van der Waals surface area contributed by atoms with Crippen LogP contribution in [0.25, 0.3) is 11.0 Å². The first-order chi connectivity index (χ1) is 14.6. The Kier molecular flexibility index (Phi) is 4.92. The van der Waals surface area contributed by atoms with E-state index in [2.05, 4.69) is 33.1 Å². The SMILES string of the molecule is O=C(Cc1ccc2[nH]c(=O)[nH]c2c1)N1CCc2ccccc2C1CN1CC[C@H](O)C1. The molecule has 7 nitrogen and oxygen atoms in total. The molecule has 5 rings (SSSR count). The average Bonchev–Trinajstić information content (AvgIpc) is 3.31. The van der Waals surface area contributed by atoms with Gasteiger partial charge in [0.15, 0.2) is 0 Å². The molecule has 1 unspecified atom stereocenters. The van der Waals surface area contributed by atoms with E-state index in [1.807, 2.05) is 29.2 Å². The average molecular weight is 406 g/mol. The molecule has 1 amide bonds. The fraction of sp³-hybridized carbons (Fsp3) is 0.391. The lowest BCUT2D eigenvalue weighted by molar-refractivity contribution is -0.133. The molecule has 1 aromatic heterocycles. The van der Waals surface area contributed by atoms with E-state index in [-0.39, 0.29) is 23.7 Å². The van der Waals surface area contributed by atoms with Gasteiger partial charge in [0.05, 0.1) is 29.6 Å². The van der Waals surface area contributed by atoms with Gasteiger partial charge in [0.2, 0.25) is 5.91 Å². The number of nitrogens with zero attached hydrogens (tertiary/aromatic N) is 2. The quantitative estimate of drug-likeness (QED) is 0.614. The van der Waals surface area contributed by atoms with Crippen molar-refractivity contribution >= 4 is 16.9 Å². The number of carbonyl (C=O) groups is 1. The molecule has 30 heavy (non-hydrogen) atoms. The third kappa shape index (κ3) is 3.66. The van der Waals surface area contributed by atoms with Gasteiger partial charge in [-0.2, -0.15) is 0 Å². The fourth-order valence-corrected chi connectivity index (χ4v) is 4.84. The van der Waals surface area contributed by atoms with Crippen molar-refractivity contribution in [1.29, 1.82) is 0 Å². The van der Waals surface area contributed by atoms with E-state index in [1.165, 1.54) is 11.1 Å². The molecule has 1 fully saturated rings. The van der Waals surface area contributed by atoms with Crippen molar-refractivity contribution in [2.75, 3.05) is 26.2 Å². The molecule has 2 aliphatic rings. The number of aliphatic hydroxyl groups excluding tert-OH is 1. The van der Waals surface area contributed by atoms with Crippen LogP contribution in [0.4, 0.5) is 0 Å². The maximum Gasteiger partial charge on any atom is 0.323 e. The summed E-state index contributed by atoms with van der Waals surface area (Å²) in [5.41, 5.74) is 4.62. The molecular formula is C23H26N4O3. The highest BCUT2D eigenvalue weighted by Crippen LogP contribution is 2.32. The van der Waals surface area contributed by atoms with Crippen LogP contribution < -0.4 is 5.69 Å². The minimum atomic E-state index is -0.275. The first-order valence-corrected chi connectivity index (χ1v) is 10.6. The van der Waals surface area contributed by atoms with Gasteiger partial charge in [-0.05, 0) is 41.7 Å². The van der Waals surface area contributed by atoms with Gasteiger partial charge in [-0.25, -0.2) is 4.79 Å². The van der Waals surface area contributed by atoms with Gasteiger partial charge in [0.1, 0.15) is 0 Å². The normalized spacial score (nSPS) is 21.8. The Balaban J connectivity index is 1.40. The summed E-state index contributed by atoms with van der Waals surface area (Å²) in [6, 6.07) is 14.0. The van der Waals surface area contributed by atoms with Crippen LogP contribution in [-0.4, -0.2) is 63.1 Å². The van der Waals surface area contributed by atoms with E-state index < -0.39 is 0 Å². The first kappa shape index (κ1) is 19.1. The standard InChI is InChI=1S/C23H26N4O3/c28-17-8-9-26(13-17)14-21-18-4-2-1-3-16(18)7-10-27(21)22(29)12-15-5-6-19-20(11-15)25-23(30)24-19/h1-6,11,17,21,28H,7-10,12-14H2,(H2,24,25,30)/t17-,21?/m0/s1. The highest BCUT2D eigenvalue weighted by molar-refractivity contribution is 5.82. The second kappa shape index (κ2) is 7.74. The minimum Gasteiger partial charge on any atom is -0.392 e. The predicted molar refractivity (Wildman–Crippen MR) is 114 cm³/mol. The van der Waals surface area contributed by atoms with Crippen molar-refractivity contribution < 1.29 is 9.90 Å². The topological polar surface area (TPSA) is 92.4 Å². The molecule has 156 valence electrons. The molecule has 0 spiro atoms. The predicted octanol–water partition coefficient (Wildman–Crippen LogP) is 1.59. The Bertz CT molecular complexity index is 1130. The number of likely N-dealkylation sites (tertiary alicyclic amines) is 1. The number of rotatable bonds is 4. The number of aliphatic hydroxyl groups is 1. The number of amides is 1. The van der Waals surface area contributed by atoms with E-state index in [0.29, 0.717) is 19.5 Å². The molecule has 0 radical (unpaired) electrons. The van der Waals surface area contributed by atoms with Crippen LogP contribution in [0.3, 0.4) is 0 Å². The summed E-state index contributed by atoms with van der Waals surface area (Å²) in [7, 11) is 0. The number of imidazole rings is 1. The van der Waals surface area contributed by atoms with Crippen molar-refractivity contribution in [2.24, 2.45) is 0 Å². The summed E-state index contributed by atoms with van der Waals surface area (Å²) in [5, 5.41) is 9.93. The van der Waals surface area contributed by atoms with Gasteiger partial charge in [0, 0.05) is 26.2 Å². The van der Waals surface area contributed by atoms with E-state index in [4.69, 9.17) is 0 Å². The molecule has 3 N–H and O–H groups in total. The van der Waals surface area contributed by atoms with Gasteiger partial charge in [-0.15, -0.1) is 0 Å². The van der Waals surface area contributed by atoms with E-state index >= 15 is 0 Å². The van der Waals surface area contributed by atoms with E-state index in [9.17, 15) is 14.7 Å². The molecule has 3 aromatic rings. The number of β-amino-alcohol motifs (C(OH)–C–C–N with tert-alkyl or cyclic N) is 1. The summed E-state index contributed by atoms with van der Waals surface area (Å²) in [4.78, 5) is 34.6. The second-order valence-corrected chi connectivity index (χ2v) is 8.39. The second-order valence-electron chi connectivity index (χ2n) is 8.39. The molecule has 2 atom stereocenters. The van der Waals surface area contributed by atoms with Crippen molar-refractivity contribution in [2.45, 2.75) is 31.4 Å². The minimum absolute atomic E-state index is 0.0106. The number of hydrogen-bond donors (Lipinski definition) is 3. The van der Waals surface area contributed by atoms with Crippen molar-refractivity contribution in [1.82, 2.24) is 19.8 Å². The van der Waals surface area contributed by atoms with E-state index in [0.717, 1.165) is 42.5 Å². The largest absolute Gasteiger partial charge is 0.392 e. The van der Waals surface area contributed by atoms with E-state index in [1.54, 1.807) is 0 Å². The van der Waals surface area contributed by atoms with Crippen LogP contribution in [0.5, 0.6) is 0 Å². The number of carbonyl (C=O) groups excluding carboxylic acids is 1. The Morgan fingerprint density at radius 2 is 1.93 bits per heavy atom. The third-order valence-electron chi connectivity index (χ3n) is 6.35. The molecule has 2 aliphatic heterocycles. The molecule has 7 heteroatoms. The Hall–Kier alpha value is -2.90. The van der Waals surface area contributed by atoms with Gasteiger partial charge in [-0.1, -0.05) is 30.3 Å². The van der Waals surface area contributed by atoms with Crippen LogP contribution in [0, 0.1) is 0 Å². The van der Waals surface area contributed by atoms with Crippen molar-refractivity contribution in [3.63, 3.8) is 0 Å². The highest BCUT2D eigenvalue weighted by atomic mass is 16.3. The summed E-state index contributed by atoms with van der Waals surface area (Å²) in [5.74, 6) is 0.0893. The zero-order chi connectivity index (χ0) is 20.7. The van der Waals surface area contributed by atoms with Crippen LogP contribution in [0.15, 0.2) is 47.3 Å². The van der Waals surface area contributed by atoms with Crippen molar-refractivity contribution in [3.8, 4) is 0 Å². The maximum atomic E-state index is 13.3. The molecule has 3 heterocycles. The Morgan fingerprint density at radius 1 is 1.10 bits per heavy atom. The molecule has 2 aromatic carbocycles. The molecule has 0 bridgehead atoms. The number of benzene rings is 2. The van der Waals surface area contributed by atoms with Gasteiger partial charge in [-0.3, -0.25) is 9.69 Å². The Labute approximate surface area is 174 Å². The lowest BCUT2D eigenvalue weighted by Crippen LogP contribution is -2.45. The number of aromatic nitrogens is 2. The monoisotopic (exact) mass is 406 g/mol. The molecule has 0 saturated carbocycles. The zero-order valence-electron chi connectivity index (χ0n) is 16.8. The summed E-state index contributed by atoms with van der Waals surface area (Å²) >= 11 is 0. The summed E-state index contributed by atoms with van der Waals surface area (Å²) in [6.45, 7) is 2.96. The number of hydrogen-bond acceptors (Lipinski definition) is 4. The number of fused-ring (bicyclic) bond motifs is 2. The van der Waals surface area contributed by atoms with Crippen LogP contribution >= 0.6 is 0 Å². The fourth-order valence-electron chi connectivity index (χ4n) is 4.84. The smallest absolute Gasteiger partial charge is 0.323 e. The van der Waals surface area contributed by atoms with Gasteiger partial charge in [0.25, 0.3) is 0 Å². The molecular weight excluding hydrogens is 380 g/mol. The number of H-pyrrole nitrogens is 2. The third-order valence-corrected chi connectivity index (χ3v) is 6.35. The molecule has 1 saturated heterocycles. The first-order valence-electron chi connectivity index (χ1n) is 10.6. The Morgan fingerprint density at radius 3 is 2.77 bits per heavy atom. The van der Waals surface area contributed by atoms with Gasteiger partial charge >= 0.3 is 5.69 Å². The summed E-state index contributed by atoms with van der Waals surface area (Å²) in [6.07, 6.45) is 1.66. The zero-order valence-corrected chi connectivity index (χ0v) is 16.8. The lowest BCUT2D eigenvalue weighted by Gasteiger charge is -2.39. The van der Waals surface area contributed by atoms with Crippen molar-refractivity contribution in [3.05, 3.63) is 69.6 Å². The van der Waals surface area contributed by atoms with Gasteiger partial charge < -0.3 is 20.0 Å². The van der Waals surface area contributed by atoms with Crippen LogP contribution in [-0.2, 0) is 17.6 Å². The number of nitrogens with one attached hydrogen (secondary N) is 2. The summed E-state index contributed by atoms with van der Waals surface area (Å²) < 4.78 is 0. The maximum absolute atomic E-state index is 13.3. The van der Waals surface area contributed by atoms with Crippen LogP contribution in [0.1, 0.15) is 29.2 Å². The number of aromatic amines is 2. The highest BCUT2D eigenvalue weighted by Gasteiger charge is 2.33. The molecule has 0 aliphatic carbocycles.